The number of rotatable bonds is 24. The highest BCUT2D eigenvalue weighted by atomic mass is 16.2. The van der Waals surface area contributed by atoms with E-state index < -0.39 is 83.7 Å². The number of hydrogen-bond acceptors (Lipinski definition) is 8. The van der Waals surface area contributed by atoms with Crippen LogP contribution in [-0.4, -0.2) is 144 Å². The molecule has 0 fully saturated rings. The summed E-state index contributed by atoms with van der Waals surface area (Å²) < 4.78 is 0. The Bertz CT molecular complexity index is 1430. The monoisotopic (exact) mass is 837 g/mol. The largest absolute Gasteiger partial charge is 0.357 e. The Balaban J connectivity index is 6.25. The first-order chi connectivity index (χ1) is 27.1. The quantitative estimate of drug-likeness (QED) is 0.114. The summed E-state index contributed by atoms with van der Waals surface area (Å²) in [6.45, 7) is 23.7. The van der Waals surface area contributed by atoms with Gasteiger partial charge in [0.05, 0.1) is 0 Å². The molecule has 4 N–H and O–H groups in total. The Morgan fingerprint density at radius 1 is 0.441 bits per heavy atom. The number of amides is 8. The van der Waals surface area contributed by atoms with Gasteiger partial charge in [-0.15, -0.1) is 0 Å². The lowest BCUT2D eigenvalue weighted by Gasteiger charge is -2.36. The van der Waals surface area contributed by atoms with Crippen molar-refractivity contribution in [2.45, 2.75) is 164 Å². The predicted molar refractivity (Wildman–Crippen MR) is 230 cm³/mol. The number of likely N-dealkylation sites (N-methyl/N-ethyl adjacent to an activating group) is 5. The smallest absolute Gasteiger partial charge is 0.245 e. The van der Waals surface area contributed by atoms with Crippen LogP contribution >= 0.6 is 0 Å². The highest BCUT2D eigenvalue weighted by Crippen LogP contribution is 2.19. The average Bonchev–Trinajstić information content (AvgIpc) is 3.14. The van der Waals surface area contributed by atoms with Crippen LogP contribution in [0.25, 0.3) is 0 Å². The molecule has 0 saturated heterocycles. The first-order valence-corrected chi connectivity index (χ1v) is 21.3. The van der Waals surface area contributed by atoms with Crippen LogP contribution in [0.5, 0.6) is 0 Å². The van der Waals surface area contributed by atoms with Crippen LogP contribution in [0.3, 0.4) is 0 Å². The topological polar surface area (TPSA) is 198 Å². The van der Waals surface area contributed by atoms with Gasteiger partial charge in [0, 0.05) is 41.7 Å². The van der Waals surface area contributed by atoms with Gasteiger partial charge in [-0.05, 0) is 76.0 Å². The van der Waals surface area contributed by atoms with E-state index in [4.69, 9.17) is 0 Å². The SMILES string of the molecule is CNC(=O)[C@H](CC(C)C)N(C)C(=O)[C@H](C)NC(=O)[C@@H](C)NC(=O)[C@H](CCC(C)C)N(C)C(=O)[C@H](NC(=O)[C@H](CC(C)C)N(C)C(=O)[C@@H](C)N(C)C(=O)CC(C)C)C(C)C. The van der Waals surface area contributed by atoms with E-state index >= 15 is 0 Å². The van der Waals surface area contributed by atoms with Gasteiger partial charge in [-0.2, -0.15) is 0 Å². The van der Waals surface area contributed by atoms with E-state index in [0.29, 0.717) is 19.3 Å². The minimum Gasteiger partial charge on any atom is -0.357 e. The molecular formula is C43H80N8O8. The maximum absolute atomic E-state index is 14.3. The van der Waals surface area contributed by atoms with Gasteiger partial charge in [-0.1, -0.05) is 69.2 Å². The summed E-state index contributed by atoms with van der Waals surface area (Å²) in [4.78, 5) is 113. The number of carbonyl (C=O) groups is 8. The number of nitrogens with zero attached hydrogens (tertiary/aromatic N) is 4. The summed E-state index contributed by atoms with van der Waals surface area (Å²) in [7, 11) is 7.59. The number of hydrogen-bond donors (Lipinski definition) is 4. The van der Waals surface area contributed by atoms with Gasteiger partial charge in [0.15, 0.2) is 0 Å². The van der Waals surface area contributed by atoms with E-state index in [1.807, 2.05) is 55.4 Å². The van der Waals surface area contributed by atoms with Gasteiger partial charge in [-0.3, -0.25) is 38.4 Å². The summed E-state index contributed by atoms with van der Waals surface area (Å²) in [5, 5.41) is 10.8. The molecule has 0 aromatic carbocycles. The summed E-state index contributed by atoms with van der Waals surface area (Å²) in [6.07, 6.45) is 1.84. The molecule has 0 unspecified atom stereocenters. The van der Waals surface area contributed by atoms with Crippen LogP contribution in [0.15, 0.2) is 0 Å². The lowest BCUT2D eigenvalue weighted by atomic mass is 9.97. The highest BCUT2D eigenvalue weighted by molar-refractivity contribution is 5.97. The van der Waals surface area contributed by atoms with Gasteiger partial charge in [0.1, 0.15) is 42.3 Å². The molecule has 0 heterocycles. The fourth-order valence-corrected chi connectivity index (χ4v) is 6.63. The van der Waals surface area contributed by atoms with Crippen molar-refractivity contribution in [2.75, 3.05) is 35.2 Å². The summed E-state index contributed by atoms with van der Waals surface area (Å²) in [5.74, 6) is -3.65. The number of nitrogens with one attached hydrogen (secondary N) is 4. The third kappa shape index (κ3) is 17.5. The molecule has 0 aliphatic heterocycles. The fraction of sp³-hybridized carbons (Fsp3) is 0.814. The van der Waals surface area contributed by atoms with Crippen molar-refractivity contribution < 1.29 is 38.4 Å². The highest BCUT2D eigenvalue weighted by Gasteiger charge is 2.39. The Labute approximate surface area is 355 Å². The molecule has 16 nitrogen and oxygen atoms in total. The van der Waals surface area contributed by atoms with Crippen molar-refractivity contribution in [1.82, 2.24) is 40.9 Å². The molecule has 0 aliphatic rings. The Morgan fingerprint density at radius 2 is 0.881 bits per heavy atom. The molecule has 16 heteroatoms. The standard InChI is InChI=1S/C43H80N8O8/c1-24(2)19-20-32(39(55)45-29(11)37(53)46-30(12)41(57)50(17)33(21-25(3)4)38(54)44-14)49(16)43(59)36(28(9)10)47-40(56)34(22-26(5)6)51(18)42(58)31(13)48(15)35(52)23-27(7)8/h24-34,36H,19-23H2,1-18H3,(H,44,54)(H,45,55)(H,46,53)(H,47,56)/t29-,30+,31-,32+,33+,34+,36-/m1/s1. The minimum absolute atomic E-state index is 0.00199. The van der Waals surface area contributed by atoms with Crippen LogP contribution in [0.4, 0.5) is 0 Å². The molecule has 0 aliphatic carbocycles. The second-order valence-corrected chi connectivity index (χ2v) is 18.2. The zero-order valence-corrected chi connectivity index (χ0v) is 39.5. The molecule has 59 heavy (non-hydrogen) atoms. The third-order valence-electron chi connectivity index (χ3n) is 10.6. The molecule has 0 radical (unpaired) electrons. The van der Waals surface area contributed by atoms with Gasteiger partial charge in [0.25, 0.3) is 0 Å². The van der Waals surface area contributed by atoms with E-state index in [1.54, 1.807) is 27.8 Å². The molecule has 340 valence electrons. The van der Waals surface area contributed by atoms with Crippen LogP contribution in [0.2, 0.25) is 0 Å². The van der Waals surface area contributed by atoms with Crippen LogP contribution in [-0.2, 0) is 38.4 Å². The average molecular weight is 837 g/mol. The molecule has 0 saturated carbocycles. The van der Waals surface area contributed by atoms with Crippen molar-refractivity contribution in [2.24, 2.45) is 29.6 Å². The zero-order valence-electron chi connectivity index (χ0n) is 39.5. The lowest BCUT2D eigenvalue weighted by Crippen LogP contribution is -2.60. The van der Waals surface area contributed by atoms with Crippen molar-refractivity contribution in [3.05, 3.63) is 0 Å². The summed E-state index contributed by atoms with van der Waals surface area (Å²) >= 11 is 0. The second-order valence-electron chi connectivity index (χ2n) is 18.2. The molecule has 0 aromatic heterocycles. The Hall–Kier alpha value is -4.24. The van der Waals surface area contributed by atoms with Crippen molar-refractivity contribution >= 4 is 47.3 Å². The Kier molecular flexibility index (Phi) is 23.6. The van der Waals surface area contributed by atoms with Crippen LogP contribution in [0.1, 0.15) is 122 Å². The maximum Gasteiger partial charge on any atom is 0.245 e. The van der Waals surface area contributed by atoms with Gasteiger partial charge in [-0.25, -0.2) is 0 Å². The van der Waals surface area contributed by atoms with E-state index in [1.165, 1.54) is 61.6 Å². The van der Waals surface area contributed by atoms with Gasteiger partial charge < -0.3 is 40.9 Å². The molecule has 8 amide bonds. The molecule has 0 rings (SSSR count). The van der Waals surface area contributed by atoms with Crippen LogP contribution < -0.4 is 21.3 Å². The second kappa shape index (κ2) is 25.4. The minimum atomic E-state index is -1.09. The van der Waals surface area contributed by atoms with Gasteiger partial charge in [0.2, 0.25) is 47.3 Å². The normalized spacial score (nSPS) is 15.1. The van der Waals surface area contributed by atoms with E-state index in [9.17, 15) is 38.4 Å². The summed E-state index contributed by atoms with van der Waals surface area (Å²) in [6, 6.07) is -6.68. The molecule has 0 aromatic rings. The molecular weight excluding hydrogens is 757 g/mol. The first kappa shape index (κ1) is 54.8. The van der Waals surface area contributed by atoms with E-state index in [2.05, 4.69) is 21.3 Å². The van der Waals surface area contributed by atoms with Crippen molar-refractivity contribution in [3.8, 4) is 0 Å². The predicted octanol–water partition coefficient (Wildman–Crippen LogP) is 2.79. The first-order valence-electron chi connectivity index (χ1n) is 21.3. The van der Waals surface area contributed by atoms with Crippen molar-refractivity contribution in [1.29, 1.82) is 0 Å². The van der Waals surface area contributed by atoms with E-state index in [-0.39, 0.29) is 48.3 Å². The van der Waals surface area contributed by atoms with Gasteiger partial charge >= 0.3 is 0 Å². The fourth-order valence-electron chi connectivity index (χ4n) is 6.63. The molecule has 0 spiro atoms. The molecule has 0 bridgehead atoms. The van der Waals surface area contributed by atoms with E-state index in [0.717, 1.165) is 0 Å². The summed E-state index contributed by atoms with van der Waals surface area (Å²) in [5.41, 5.74) is 0. The van der Waals surface area contributed by atoms with Crippen LogP contribution in [0, 0.1) is 29.6 Å². The Morgan fingerprint density at radius 3 is 1.32 bits per heavy atom. The van der Waals surface area contributed by atoms with Crippen molar-refractivity contribution in [3.63, 3.8) is 0 Å². The number of carbonyl (C=O) groups excluding carboxylic acids is 8. The third-order valence-corrected chi connectivity index (χ3v) is 10.6. The maximum atomic E-state index is 14.3. The lowest BCUT2D eigenvalue weighted by molar-refractivity contribution is -0.149. The molecule has 7 atom stereocenters. The zero-order chi connectivity index (χ0) is 46.2.